The molecule has 0 aliphatic rings. The monoisotopic (exact) mass is 310 g/mol. The molecule has 3 rings (SSSR count). The van der Waals surface area contributed by atoms with Gasteiger partial charge in [-0.1, -0.05) is 42.0 Å². The second-order valence-electron chi connectivity index (χ2n) is 4.91. The van der Waals surface area contributed by atoms with E-state index >= 15 is 0 Å². The van der Waals surface area contributed by atoms with Crippen molar-refractivity contribution < 1.29 is 9.90 Å². The minimum Gasteiger partial charge on any atom is -0.476 e. The third-order valence-electron chi connectivity index (χ3n) is 3.22. The molecule has 0 atom stereocenters. The molecule has 4 nitrogen and oxygen atoms in total. The fourth-order valence-electron chi connectivity index (χ4n) is 2.08. The van der Waals surface area contributed by atoms with Gasteiger partial charge in [0.25, 0.3) is 0 Å². The van der Waals surface area contributed by atoms with E-state index in [1.807, 2.05) is 24.3 Å². The van der Waals surface area contributed by atoms with Gasteiger partial charge in [0, 0.05) is 11.1 Å². The van der Waals surface area contributed by atoms with Crippen LogP contribution in [0.3, 0.4) is 0 Å². The van der Waals surface area contributed by atoms with Gasteiger partial charge in [0.2, 0.25) is 0 Å². The maximum atomic E-state index is 10.8. The van der Waals surface area contributed by atoms with Gasteiger partial charge in [0.15, 0.2) is 10.8 Å². The molecule has 0 fully saturated rings. The summed E-state index contributed by atoms with van der Waals surface area (Å²) in [5.41, 5.74) is 4.40. The first-order valence-electron chi connectivity index (χ1n) is 6.75. The Labute approximate surface area is 132 Å². The van der Waals surface area contributed by atoms with E-state index in [9.17, 15) is 4.79 Å². The summed E-state index contributed by atoms with van der Waals surface area (Å²) in [7, 11) is 0. The Morgan fingerprint density at radius 3 is 2.59 bits per heavy atom. The molecule has 0 saturated heterocycles. The Hall–Kier alpha value is -2.66. The minimum absolute atomic E-state index is 0.0576. The Morgan fingerprint density at radius 1 is 1.14 bits per heavy atom. The zero-order chi connectivity index (χ0) is 15.5. The number of nitrogens with one attached hydrogen (secondary N) is 1. The van der Waals surface area contributed by atoms with Gasteiger partial charge in [-0.05, 0) is 30.2 Å². The first-order valence-corrected chi connectivity index (χ1v) is 7.63. The lowest BCUT2D eigenvalue weighted by atomic mass is 10.0. The van der Waals surface area contributed by atoms with Crippen molar-refractivity contribution in [1.29, 1.82) is 0 Å². The van der Waals surface area contributed by atoms with Crippen LogP contribution in [-0.4, -0.2) is 16.1 Å². The zero-order valence-electron chi connectivity index (χ0n) is 11.9. The molecule has 0 aliphatic carbocycles. The molecular formula is C17H14N2O2S. The highest BCUT2D eigenvalue weighted by Gasteiger charge is 2.08. The summed E-state index contributed by atoms with van der Waals surface area (Å²) in [6, 6.07) is 16.3. The highest BCUT2D eigenvalue weighted by Crippen LogP contribution is 2.26. The number of anilines is 2. The number of thiazole rings is 1. The summed E-state index contributed by atoms with van der Waals surface area (Å²) in [6.45, 7) is 2.06. The number of rotatable bonds is 4. The summed E-state index contributed by atoms with van der Waals surface area (Å²) >= 11 is 1.27. The van der Waals surface area contributed by atoms with Crippen molar-refractivity contribution in [3.8, 4) is 11.1 Å². The zero-order valence-corrected chi connectivity index (χ0v) is 12.7. The number of aromatic nitrogens is 1. The number of carbonyl (C=O) groups is 1. The molecule has 3 aromatic rings. The van der Waals surface area contributed by atoms with E-state index in [0.29, 0.717) is 5.13 Å². The SMILES string of the molecule is Cc1ccc(-c2cccc(Nc3nc(C(=O)O)cs3)c2)cc1. The Morgan fingerprint density at radius 2 is 1.91 bits per heavy atom. The van der Waals surface area contributed by atoms with Gasteiger partial charge in [-0.25, -0.2) is 9.78 Å². The maximum absolute atomic E-state index is 10.8. The number of hydrogen-bond acceptors (Lipinski definition) is 4. The Balaban J connectivity index is 1.84. The summed E-state index contributed by atoms with van der Waals surface area (Å²) in [5, 5.41) is 14.1. The van der Waals surface area contributed by atoms with Crippen LogP contribution in [0.4, 0.5) is 10.8 Å². The molecular weight excluding hydrogens is 296 g/mol. The van der Waals surface area contributed by atoms with Gasteiger partial charge in [-0.2, -0.15) is 0 Å². The summed E-state index contributed by atoms with van der Waals surface area (Å²) < 4.78 is 0. The largest absolute Gasteiger partial charge is 0.476 e. The van der Waals surface area contributed by atoms with Crippen LogP contribution in [0.15, 0.2) is 53.9 Å². The second-order valence-corrected chi connectivity index (χ2v) is 5.77. The van der Waals surface area contributed by atoms with Gasteiger partial charge in [-0.15, -0.1) is 11.3 Å². The lowest BCUT2D eigenvalue weighted by Gasteiger charge is -2.06. The van der Waals surface area contributed by atoms with Gasteiger partial charge in [0.05, 0.1) is 0 Å². The van der Waals surface area contributed by atoms with Crippen LogP contribution in [-0.2, 0) is 0 Å². The average Bonchev–Trinajstić information content (AvgIpc) is 2.97. The van der Waals surface area contributed by atoms with Crippen LogP contribution < -0.4 is 5.32 Å². The highest BCUT2D eigenvalue weighted by atomic mass is 32.1. The molecule has 0 radical (unpaired) electrons. The van der Waals surface area contributed by atoms with E-state index in [1.165, 1.54) is 22.3 Å². The van der Waals surface area contributed by atoms with Crippen LogP contribution in [0.2, 0.25) is 0 Å². The molecule has 1 heterocycles. The summed E-state index contributed by atoms with van der Waals surface area (Å²) in [6.07, 6.45) is 0. The molecule has 2 N–H and O–H groups in total. The lowest BCUT2D eigenvalue weighted by molar-refractivity contribution is 0.0691. The Kier molecular flexibility index (Phi) is 3.89. The van der Waals surface area contributed by atoms with Crippen LogP contribution in [0, 0.1) is 6.92 Å². The molecule has 1 aromatic heterocycles. The topological polar surface area (TPSA) is 62.2 Å². The number of nitrogens with zero attached hydrogens (tertiary/aromatic N) is 1. The van der Waals surface area contributed by atoms with Crippen molar-refractivity contribution in [3.05, 3.63) is 65.2 Å². The van der Waals surface area contributed by atoms with Crippen molar-refractivity contribution >= 4 is 28.1 Å². The molecule has 0 saturated carbocycles. The third kappa shape index (κ3) is 3.15. The first-order chi connectivity index (χ1) is 10.6. The van der Waals surface area contributed by atoms with E-state index in [0.717, 1.165) is 16.8 Å². The average molecular weight is 310 g/mol. The molecule has 110 valence electrons. The molecule has 2 aromatic carbocycles. The quantitative estimate of drug-likeness (QED) is 0.741. The number of aromatic carboxylic acids is 1. The molecule has 0 unspecified atom stereocenters. The van der Waals surface area contributed by atoms with Crippen molar-refractivity contribution in [1.82, 2.24) is 4.98 Å². The maximum Gasteiger partial charge on any atom is 0.355 e. The molecule has 5 heteroatoms. The normalized spacial score (nSPS) is 10.4. The smallest absolute Gasteiger partial charge is 0.355 e. The summed E-state index contributed by atoms with van der Waals surface area (Å²) in [5.74, 6) is -1.02. The van der Waals surface area contributed by atoms with Crippen molar-refractivity contribution in [2.24, 2.45) is 0 Å². The summed E-state index contributed by atoms with van der Waals surface area (Å²) in [4.78, 5) is 14.9. The lowest BCUT2D eigenvalue weighted by Crippen LogP contribution is -1.97. The predicted molar refractivity (Wildman–Crippen MR) is 89.0 cm³/mol. The van der Waals surface area contributed by atoms with Crippen molar-refractivity contribution in [3.63, 3.8) is 0 Å². The molecule has 22 heavy (non-hydrogen) atoms. The van der Waals surface area contributed by atoms with Gasteiger partial charge >= 0.3 is 5.97 Å². The number of benzene rings is 2. The Bertz CT molecular complexity index is 810. The van der Waals surface area contributed by atoms with Crippen LogP contribution in [0.5, 0.6) is 0 Å². The number of carboxylic acids is 1. The number of hydrogen-bond donors (Lipinski definition) is 2. The predicted octanol–water partition coefficient (Wildman–Crippen LogP) is 4.56. The molecule has 0 spiro atoms. The minimum atomic E-state index is -1.02. The number of carboxylic acid groups (broad SMARTS) is 1. The first kappa shape index (κ1) is 14.3. The van der Waals surface area contributed by atoms with Gasteiger partial charge in [0.1, 0.15) is 0 Å². The number of aryl methyl sites for hydroxylation is 1. The molecule has 0 bridgehead atoms. The fraction of sp³-hybridized carbons (Fsp3) is 0.0588. The van der Waals surface area contributed by atoms with Gasteiger partial charge < -0.3 is 10.4 Å². The van der Waals surface area contributed by atoms with E-state index in [4.69, 9.17) is 5.11 Å². The standard InChI is InChI=1S/C17H14N2O2S/c1-11-5-7-12(8-6-11)13-3-2-4-14(9-13)18-17-19-15(10-22-17)16(20)21/h2-10H,1H3,(H,18,19)(H,20,21). The van der Waals surface area contributed by atoms with Crippen LogP contribution in [0.25, 0.3) is 11.1 Å². The van der Waals surface area contributed by atoms with E-state index in [1.54, 1.807) is 0 Å². The third-order valence-corrected chi connectivity index (χ3v) is 3.98. The molecule has 0 aliphatic heterocycles. The van der Waals surface area contributed by atoms with Crippen molar-refractivity contribution in [2.75, 3.05) is 5.32 Å². The van der Waals surface area contributed by atoms with E-state index < -0.39 is 5.97 Å². The van der Waals surface area contributed by atoms with E-state index in [2.05, 4.69) is 41.5 Å². The van der Waals surface area contributed by atoms with E-state index in [-0.39, 0.29) is 5.69 Å². The fourth-order valence-corrected chi connectivity index (χ4v) is 2.78. The van der Waals surface area contributed by atoms with Crippen molar-refractivity contribution in [2.45, 2.75) is 6.92 Å². The molecule has 0 amide bonds. The highest BCUT2D eigenvalue weighted by molar-refractivity contribution is 7.14. The van der Waals surface area contributed by atoms with Crippen LogP contribution in [0.1, 0.15) is 16.1 Å². The second kappa shape index (κ2) is 5.99. The van der Waals surface area contributed by atoms with Gasteiger partial charge in [-0.3, -0.25) is 0 Å². The van der Waals surface area contributed by atoms with Crippen LogP contribution >= 0.6 is 11.3 Å².